The van der Waals surface area contributed by atoms with Crippen LogP contribution in [0.4, 0.5) is 0 Å². The molecule has 2 aliphatic rings. The highest BCUT2D eigenvalue weighted by atomic mass is 16.4. The fraction of sp³-hybridized carbons (Fsp3) is 0.556. The third kappa shape index (κ3) is 8.24. The van der Waals surface area contributed by atoms with Crippen molar-refractivity contribution in [3.8, 4) is 0 Å². The second-order valence-corrected chi connectivity index (χ2v) is 10.3. The van der Waals surface area contributed by atoms with Crippen molar-refractivity contribution in [2.24, 2.45) is 11.5 Å². The Kier molecular flexibility index (Phi) is 11.2. The highest BCUT2D eigenvalue weighted by Gasteiger charge is 2.43. The zero-order valence-electron chi connectivity index (χ0n) is 22.7. The molecule has 2 heterocycles. The van der Waals surface area contributed by atoms with E-state index in [0.29, 0.717) is 38.6 Å². The van der Waals surface area contributed by atoms with Gasteiger partial charge in [0, 0.05) is 19.5 Å². The summed E-state index contributed by atoms with van der Waals surface area (Å²) < 4.78 is 0. The van der Waals surface area contributed by atoms with E-state index in [1.54, 1.807) is 0 Å². The molecule has 41 heavy (non-hydrogen) atoms. The van der Waals surface area contributed by atoms with E-state index in [1.807, 2.05) is 30.3 Å². The number of aliphatic hydroxyl groups is 1. The number of hydrogen-bond donors (Lipinski definition) is 6. The predicted molar refractivity (Wildman–Crippen MR) is 145 cm³/mol. The molecule has 8 N–H and O–H groups in total. The number of aliphatic hydroxyl groups excluding tert-OH is 1. The fourth-order valence-electron chi connectivity index (χ4n) is 5.23. The smallest absolute Gasteiger partial charge is 0.328 e. The summed E-state index contributed by atoms with van der Waals surface area (Å²) >= 11 is 0. The summed E-state index contributed by atoms with van der Waals surface area (Å²) in [4.78, 5) is 78.3. The zero-order valence-corrected chi connectivity index (χ0v) is 22.7. The highest BCUT2D eigenvalue weighted by molar-refractivity contribution is 5.96. The Morgan fingerprint density at radius 1 is 0.927 bits per heavy atom. The Morgan fingerprint density at radius 2 is 1.56 bits per heavy atom. The van der Waals surface area contributed by atoms with Crippen LogP contribution in [0.15, 0.2) is 30.3 Å². The van der Waals surface area contributed by atoms with Crippen LogP contribution in [0.3, 0.4) is 0 Å². The summed E-state index contributed by atoms with van der Waals surface area (Å²) in [7, 11) is 0. The van der Waals surface area contributed by atoms with Gasteiger partial charge in [0.1, 0.15) is 24.2 Å². The predicted octanol–water partition coefficient (Wildman–Crippen LogP) is -2.15. The van der Waals surface area contributed by atoms with Gasteiger partial charge in [-0.2, -0.15) is 0 Å². The van der Waals surface area contributed by atoms with Crippen LogP contribution in [0.25, 0.3) is 0 Å². The van der Waals surface area contributed by atoms with E-state index >= 15 is 0 Å². The van der Waals surface area contributed by atoms with E-state index in [-0.39, 0.29) is 31.2 Å². The van der Waals surface area contributed by atoms with Gasteiger partial charge in [-0.15, -0.1) is 0 Å². The van der Waals surface area contributed by atoms with Crippen molar-refractivity contribution in [2.75, 3.05) is 19.7 Å². The summed E-state index contributed by atoms with van der Waals surface area (Å²) in [6.45, 7) is -0.239. The molecule has 3 rings (SSSR count). The SMILES string of the molecule is NC(=O)CC[C@H](NC(=O)[C@@H]1CCCN1C(=O)[C@@H]1CCCN1C(=O)[C@@H](N)Cc1ccccc1)C(=O)N[C@@H](CO)C(=O)O. The first-order valence-corrected chi connectivity index (χ1v) is 13.7. The number of nitrogens with zero attached hydrogens (tertiary/aromatic N) is 2. The van der Waals surface area contributed by atoms with Crippen molar-refractivity contribution in [1.29, 1.82) is 0 Å². The molecule has 0 unspecified atom stereocenters. The number of carbonyl (C=O) groups excluding carboxylic acids is 5. The third-order valence-corrected chi connectivity index (χ3v) is 7.38. The number of rotatable bonds is 13. The van der Waals surface area contributed by atoms with Gasteiger partial charge in [0.25, 0.3) is 0 Å². The van der Waals surface area contributed by atoms with Crippen LogP contribution in [0.2, 0.25) is 0 Å². The highest BCUT2D eigenvalue weighted by Crippen LogP contribution is 2.26. The second kappa shape index (κ2) is 14.6. The van der Waals surface area contributed by atoms with Crippen molar-refractivity contribution < 1.29 is 39.0 Å². The van der Waals surface area contributed by atoms with E-state index < -0.39 is 60.5 Å². The lowest BCUT2D eigenvalue weighted by Crippen LogP contribution is -2.58. The third-order valence-electron chi connectivity index (χ3n) is 7.38. The first-order chi connectivity index (χ1) is 19.5. The molecule has 0 spiro atoms. The van der Waals surface area contributed by atoms with Crippen LogP contribution in [-0.2, 0) is 35.2 Å². The molecule has 2 fully saturated rings. The number of aliphatic carboxylic acids is 1. The second-order valence-electron chi connectivity index (χ2n) is 10.3. The molecule has 14 heteroatoms. The molecule has 0 bridgehead atoms. The Balaban J connectivity index is 1.68. The maximum absolute atomic E-state index is 13.6. The summed E-state index contributed by atoms with van der Waals surface area (Å²) in [6.07, 6.45) is 1.69. The molecule has 0 saturated carbocycles. The molecular weight excluding hydrogens is 536 g/mol. The van der Waals surface area contributed by atoms with E-state index in [4.69, 9.17) is 16.6 Å². The molecule has 2 saturated heterocycles. The summed E-state index contributed by atoms with van der Waals surface area (Å²) in [6, 6.07) is 3.83. The summed E-state index contributed by atoms with van der Waals surface area (Å²) in [5.41, 5.74) is 12.3. The van der Waals surface area contributed by atoms with Gasteiger partial charge in [0.15, 0.2) is 0 Å². The summed E-state index contributed by atoms with van der Waals surface area (Å²) in [5, 5.41) is 23.0. The van der Waals surface area contributed by atoms with Crippen LogP contribution >= 0.6 is 0 Å². The maximum atomic E-state index is 13.6. The number of primary amides is 1. The van der Waals surface area contributed by atoms with E-state index in [0.717, 1.165) is 5.56 Å². The first kappa shape index (κ1) is 31.5. The molecule has 1 aromatic rings. The molecule has 14 nitrogen and oxygen atoms in total. The average Bonchev–Trinajstić information content (AvgIpc) is 3.63. The fourth-order valence-corrected chi connectivity index (χ4v) is 5.23. The number of carboxylic acids is 1. The van der Waals surface area contributed by atoms with Crippen LogP contribution in [-0.4, -0.2) is 105 Å². The number of hydrogen-bond acceptors (Lipinski definition) is 8. The van der Waals surface area contributed by atoms with Crippen molar-refractivity contribution in [1.82, 2.24) is 20.4 Å². The lowest BCUT2D eigenvalue weighted by molar-refractivity contribution is -0.147. The molecule has 2 aliphatic heterocycles. The van der Waals surface area contributed by atoms with E-state index in [2.05, 4.69) is 10.6 Å². The van der Waals surface area contributed by atoms with Gasteiger partial charge in [0.05, 0.1) is 12.6 Å². The molecule has 0 radical (unpaired) electrons. The Hall–Kier alpha value is -4.04. The van der Waals surface area contributed by atoms with Crippen molar-refractivity contribution in [3.05, 3.63) is 35.9 Å². The molecule has 1 aromatic carbocycles. The molecule has 224 valence electrons. The standard InChI is InChI=1S/C27H38N6O8/c28-17(14-16-6-2-1-3-7-16)25(38)33-13-5-9-21(33)26(39)32-12-4-8-20(32)24(37)30-18(10-11-22(29)35)23(36)31-19(15-34)27(40)41/h1-3,6-7,17-21,34H,4-5,8-15,28H2,(H2,29,35)(H,30,37)(H,31,36)(H,40,41)/t17-,18-,19-,20-,21-/m0/s1. The number of nitrogens with one attached hydrogen (secondary N) is 2. The Morgan fingerprint density at radius 3 is 2.17 bits per heavy atom. The molecular formula is C27H38N6O8. The quantitative estimate of drug-likeness (QED) is 0.151. The van der Waals surface area contributed by atoms with Crippen LogP contribution < -0.4 is 22.1 Å². The minimum atomic E-state index is -1.61. The largest absolute Gasteiger partial charge is 0.480 e. The van der Waals surface area contributed by atoms with Gasteiger partial charge >= 0.3 is 5.97 Å². The zero-order chi connectivity index (χ0) is 30.1. The van der Waals surface area contributed by atoms with Crippen LogP contribution in [0.1, 0.15) is 44.1 Å². The molecule has 5 amide bonds. The molecule has 0 aromatic heterocycles. The lowest BCUT2D eigenvalue weighted by Gasteiger charge is -2.32. The van der Waals surface area contributed by atoms with Crippen LogP contribution in [0, 0.1) is 0 Å². The first-order valence-electron chi connectivity index (χ1n) is 13.7. The summed E-state index contributed by atoms with van der Waals surface area (Å²) in [5.74, 6) is -4.52. The van der Waals surface area contributed by atoms with Gasteiger partial charge in [0.2, 0.25) is 29.5 Å². The van der Waals surface area contributed by atoms with Gasteiger partial charge in [-0.25, -0.2) is 4.79 Å². The van der Waals surface area contributed by atoms with Crippen molar-refractivity contribution in [3.63, 3.8) is 0 Å². The van der Waals surface area contributed by atoms with Gasteiger partial charge in [-0.3, -0.25) is 24.0 Å². The van der Waals surface area contributed by atoms with Crippen molar-refractivity contribution in [2.45, 2.75) is 75.2 Å². The molecule has 5 atom stereocenters. The van der Waals surface area contributed by atoms with E-state index in [1.165, 1.54) is 9.80 Å². The van der Waals surface area contributed by atoms with Gasteiger partial charge < -0.3 is 42.1 Å². The van der Waals surface area contributed by atoms with Gasteiger partial charge in [-0.1, -0.05) is 30.3 Å². The Labute approximate surface area is 237 Å². The number of carbonyl (C=O) groups is 6. The maximum Gasteiger partial charge on any atom is 0.328 e. The van der Waals surface area contributed by atoms with E-state index in [9.17, 15) is 33.9 Å². The van der Waals surface area contributed by atoms with Crippen molar-refractivity contribution >= 4 is 35.5 Å². The number of nitrogens with two attached hydrogens (primary N) is 2. The number of benzene rings is 1. The average molecular weight is 575 g/mol. The van der Waals surface area contributed by atoms with Gasteiger partial charge in [-0.05, 0) is 44.1 Å². The molecule has 0 aliphatic carbocycles. The minimum absolute atomic E-state index is 0.213. The Bertz CT molecular complexity index is 1130. The monoisotopic (exact) mass is 574 g/mol. The normalized spacial score (nSPS) is 20.6. The number of likely N-dealkylation sites (tertiary alicyclic amines) is 2. The van der Waals surface area contributed by atoms with Crippen LogP contribution in [0.5, 0.6) is 0 Å². The number of amides is 5. The number of carboxylic acid groups (broad SMARTS) is 1. The minimum Gasteiger partial charge on any atom is -0.480 e. The topological polar surface area (TPSA) is 225 Å². The lowest BCUT2D eigenvalue weighted by atomic mass is 10.0.